The Hall–Kier alpha value is -0.0400. The lowest BCUT2D eigenvalue weighted by Gasteiger charge is -2.11. The van der Waals surface area contributed by atoms with E-state index >= 15 is 0 Å². The van der Waals surface area contributed by atoms with Crippen molar-refractivity contribution in [2.45, 2.75) is 27.7 Å². The summed E-state index contributed by atoms with van der Waals surface area (Å²) < 4.78 is 0. The van der Waals surface area contributed by atoms with E-state index in [-0.39, 0.29) is 0 Å². The lowest BCUT2D eigenvalue weighted by molar-refractivity contribution is 0.412. The molecule has 1 aliphatic rings. The molecule has 1 nitrogen and oxygen atoms in total. The second-order valence-electron chi connectivity index (χ2n) is 4.79. The Kier molecular flexibility index (Phi) is 3.16. The van der Waals surface area contributed by atoms with Crippen LogP contribution < -0.4 is 5.32 Å². The van der Waals surface area contributed by atoms with Gasteiger partial charge in [0, 0.05) is 0 Å². The summed E-state index contributed by atoms with van der Waals surface area (Å²) in [5.41, 5.74) is 0. The third-order valence-electron chi connectivity index (χ3n) is 3.47. The first kappa shape index (κ1) is 10.0. The first-order valence-electron chi connectivity index (χ1n) is 5.24. The van der Waals surface area contributed by atoms with Crippen LogP contribution in [-0.4, -0.2) is 13.6 Å². The molecule has 1 saturated carbocycles. The third kappa shape index (κ3) is 1.82. The van der Waals surface area contributed by atoms with Crippen molar-refractivity contribution in [3.05, 3.63) is 0 Å². The number of nitrogens with one attached hydrogen (secondary N) is 1. The smallest absolute Gasteiger partial charge is 0.00233 e. The highest BCUT2D eigenvalue weighted by Gasteiger charge is 2.50. The summed E-state index contributed by atoms with van der Waals surface area (Å²) in [5.74, 6) is 4.68. The van der Waals surface area contributed by atoms with Gasteiger partial charge in [-0.2, -0.15) is 0 Å². The van der Waals surface area contributed by atoms with E-state index in [2.05, 4.69) is 33.0 Å². The quantitative estimate of drug-likeness (QED) is 0.681. The minimum atomic E-state index is 0.859. The predicted molar refractivity (Wildman–Crippen MR) is 54.1 cm³/mol. The van der Waals surface area contributed by atoms with Gasteiger partial charge in [-0.15, -0.1) is 0 Å². The van der Waals surface area contributed by atoms with Gasteiger partial charge in [-0.05, 0) is 43.2 Å². The molecule has 0 aliphatic heterocycles. The summed E-state index contributed by atoms with van der Waals surface area (Å²) in [4.78, 5) is 0. The van der Waals surface area contributed by atoms with Gasteiger partial charge in [0.2, 0.25) is 0 Å². The highest BCUT2D eigenvalue weighted by atomic mass is 14.8. The lowest BCUT2D eigenvalue weighted by Crippen LogP contribution is -2.19. The summed E-state index contributed by atoms with van der Waals surface area (Å²) in [5, 5.41) is 3.27. The standard InChI is InChI=1S/C11H23N/c1-7(2)10-9(4)11(10)8(3)6-12-5/h7-12H,6H2,1-5H3. The van der Waals surface area contributed by atoms with E-state index in [1.54, 1.807) is 0 Å². The molecule has 1 rings (SSSR count). The zero-order chi connectivity index (χ0) is 9.30. The van der Waals surface area contributed by atoms with Gasteiger partial charge in [0.15, 0.2) is 0 Å². The molecule has 0 bridgehead atoms. The van der Waals surface area contributed by atoms with Crippen molar-refractivity contribution in [2.24, 2.45) is 29.6 Å². The number of hydrogen-bond donors (Lipinski definition) is 1. The van der Waals surface area contributed by atoms with E-state index < -0.39 is 0 Å². The molecule has 0 aromatic rings. The van der Waals surface area contributed by atoms with Crippen LogP contribution in [0, 0.1) is 29.6 Å². The van der Waals surface area contributed by atoms with Crippen LogP contribution in [0.3, 0.4) is 0 Å². The van der Waals surface area contributed by atoms with E-state index in [4.69, 9.17) is 0 Å². The largest absolute Gasteiger partial charge is 0.319 e. The maximum atomic E-state index is 3.27. The molecule has 4 atom stereocenters. The van der Waals surface area contributed by atoms with Crippen LogP contribution in [0.4, 0.5) is 0 Å². The molecule has 1 N–H and O–H groups in total. The average molecular weight is 169 g/mol. The Balaban J connectivity index is 2.36. The first-order chi connectivity index (χ1) is 5.59. The van der Waals surface area contributed by atoms with Gasteiger partial charge in [0.05, 0.1) is 0 Å². The second-order valence-corrected chi connectivity index (χ2v) is 4.79. The maximum absolute atomic E-state index is 3.27. The highest BCUT2D eigenvalue weighted by Crippen LogP contribution is 2.54. The molecule has 0 saturated heterocycles. The average Bonchev–Trinajstić information content (AvgIpc) is 2.62. The van der Waals surface area contributed by atoms with Crippen molar-refractivity contribution in [2.75, 3.05) is 13.6 Å². The zero-order valence-corrected chi connectivity index (χ0v) is 9.09. The third-order valence-corrected chi connectivity index (χ3v) is 3.47. The van der Waals surface area contributed by atoms with E-state index in [9.17, 15) is 0 Å². The van der Waals surface area contributed by atoms with E-state index in [1.807, 2.05) is 7.05 Å². The fourth-order valence-corrected chi connectivity index (χ4v) is 2.93. The Morgan fingerprint density at radius 3 is 2.08 bits per heavy atom. The molecule has 0 radical (unpaired) electrons. The Bertz CT molecular complexity index is 142. The highest BCUT2D eigenvalue weighted by molar-refractivity contribution is 4.98. The summed E-state index contributed by atoms with van der Waals surface area (Å²) in [6.07, 6.45) is 0. The lowest BCUT2D eigenvalue weighted by atomic mass is 9.99. The van der Waals surface area contributed by atoms with Gasteiger partial charge in [0.1, 0.15) is 0 Å². The van der Waals surface area contributed by atoms with Gasteiger partial charge in [0.25, 0.3) is 0 Å². The van der Waals surface area contributed by atoms with Crippen molar-refractivity contribution in [3.8, 4) is 0 Å². The summed E-state index contributed by atoms with van der Waals surface area (Å²) >= 11 is 0. The number of hydrogen-bond acceptors (Lipinski definition) is 1. The SMILES string of the molecule is CNCC(C)C1C(C)C1C(C)C. The number of rotatable bonds is 4. The van der Waals surface area contributed by atoms with Crippen LogP contribution in [0.2, 0.25) is 0 Å². The summed E-state index contributed by atoms with van der Waals surface area (Å²) in [7, 11) is 2.05. The van der Waals surface area contributed by atoms with Crippen LogP contribution in [0.25, 0.3) is 0 Å². The molecule has 0 amide bonds. The van der Waals surface area contributed by atoms with Gasteiger partial charge >= 0.3 is 0 Å². The molecular weight excluding hydrogens is 146 g/mol. The molecule has 0 aromatic heterocycles. The van der Waals surface area contributed by atoms with Crippen molar-refractivity contribution < 1.29 is 0 Å². The van der Waals surface area contributed by atoms with Crippen LogP contribution in [0.1, 0.15) is 27.7 Å². The van der Waals surface area contributed by atoms with E-state index in [0.717, 1.165) is 29.6 Å². The molecule has 0 spiro atoms. The van der Waals surface area contributed by atoms with Crippen molar-refractivity contribution >= 4 is 0 Å². The van der Waals surface area contributed by atoms with Gasteiger partial charge < -0.3 is 5.32 Å². The molecule has 1 heteroatoms. The van der Waals surface area contributed by atoms with Crippen LogP contribution >= 0.6 is 0 Å². The zero-order valence-electron chi connectivity index (χ0n) is 9.09. The molecule has 1 aliphatic carbocycles. The fourth-order valence-electron chi connectivity index (χ4n) is 2.93. The summed E-state index contributed by atoms with van der Waals surface area (Å²) in [6, 6.07) is 0. The Morgan fingerprint density at radius 2 is 1.75 bits per heavy atom. The molecule has 12 heavy (non-hydrogen) atoms. The van der Waals surface area contributed by atoms with Gasteiger partial charge in [-0.1, -0.05) is 27.7 Å². The maximum Gasteiger partial charge on any atom is -0.00233 e. The van der Waals surface area contributed by atoms with E-state index in [1.165, 1.54) is 6.54 Å². The van der Waals surface area contributed by atoms with Crippen LogP contribution in [-0.2, 0) is 0 Å². The predicted octanol–water partition coefficient (Wildman–Crippen LogP) is 2.38. The molecule has 0 aromatic carbocycles. The van der Waals surface area contributed by atoms with E-state index in [0.29, 0.717) is 0 Å². The Labute approximate surface area is 76.9 Å². The topological polar surface area (TPSA) is 12.0 Å². The van der Waals surface area contributed by atoms with Crippen LogP contribution in [0.5, 0.6) is 0 Å². The van der Waals surface area contributed by atoms with Gasteiger partial charge in [-0.25, -0.2) is 0 Å². The van der Waals surface area contributed by atoms with Crippen LogP contribution in [0.15, 0.2) is 0 Å². The summed E-state index contributed by atoms with van der Waals surface area (Å²) in [6.45, 7) is 10.7. The minimum absolute atomic E-state index is 0.859. The molecular formula is C11H23N. The van der Waals surface area contributed by atoms with Crippen molar-refractivity contribution in [1.82, 2.24) is 5.32 Å². The van der Waals surface area contributed by atoms with Crippen molar-refractivity contribution in [1.29, 1.82) is 0 Å². The molecule has 72 valence electrons. The second kappa shape index (κ2) is 3.78. The minimum Gasteiger partial charge on any atom is -0.319 e. The monoisotopic (exact) mass is 169 g/mol. The molecule has 0 heterocycles. The van der Waals surface area contributed by atoms with Crippen molar-refractivity contribution in [3.63, 3.8) is 0 Å². The molecule has 4 unspecified atom stereocenters. The van der Waals surface area contributed by atoms with Gasteiger partial charge in [-0.3, -0.25) is 0 Å². The molecule has 1 fully saturated rings. The normalized spacial score (nSPS) is 37.0. The fraction of sp³-hybridized carbons (Fsp3) is 1.00. The first-order valence-corrected chi connectivity index (χ1v) is 5.24. The Morgan fingerprint density at radius 1 is 1.17 bits per heavy atom.